The normalized spacial score (nSPS) is 20.2. The molecule has 3 heterocycles. The lowest BCUT2D eigenvalue weighted by atomic mass is 9.93. The number of pyridine rings is 1. The molecule has 0 aromatic carbocycles. The highest BCUT2D eigenvalue weighted by molar-refractivity contribution is 6.02. The van der Waals surface area contributed by atoms with Gasteiger partial charge in [-0.05, 0) is 19.4 Å². The Balaban J connectivity index is 2.04. The Bertz CT molecular complexity index is 647. The highest BCUT2D eigenvalue weighted by Crippen LogP contribution is 2.28. The standard InChI is InChI=1S/C12H12N4O2/c1-6-4-9-8(5-13-6)11(16-15-9)7-2-3-10(17)14-12(7)18/h4-5,7H,2-3H2,1H3,(H,15,16)(H,14,17,18). The third-order valence-electron chi connectivity index (χ3n) is 3.19. The quantitative estimate of drug-likeness (QED) is 0.726. The summed E-state index contributed by atoms with van der Waals surface area (Å²) in [6, 6.07) is 1.86. The minimum absolute atomic E-state index is 0.214. The van der Waals surface area contributed by atoms with Crippen LogP contribution in [0, 0.1) is 6.92 Å². The molecule has 2 N–H and O–H groups in total. The van der Waals surface area contributed by atoms with E-state index in [1.165, 1.54) is 0 Å². The topological polar surface area (TPSA) is 87.7 Å². The van der Waals surface area contributed by atoms with Gasteiger partial charge in [0.1, 0.15) is 0 Å². The molecule has 1 unspecified atom stereocenters. The van der Waals surface area contributed by atoms with Crippen LogP contribution in [0.4, 0.5) is 0 Å². The van der Waals surface area contributed by atoms with Crippen LogP contribution in [0.25, 0.3) is 10.9 Å². The fourth-order valence-corrected chi connectivity index (χ4v) is 2.26. The van der Waals surface area contributed by atoms with E-state index in [1.807, 2.05) is 13.0 Å². The minimum atomic E-state index is -0.350. The Morgan fingerprint density at radius 1 is 1.39 bits per heavy atom. The van der Waals surface area contributed by atoms with Crippen molar-refractivity contribution in [1.29, 1.82) is 0 Å². The smallest absolute Gasteiger partial charge is 0.235 e. The first kappa shape index (κ1) is 10.9. The van der Waals surface area contributed by atoms with Crippen molar-refractivity contribution < 1.29 is 9.59 Å². The number of hydrogen-bond donors (Lipinski definition) is 2. The zero-order valence-electron chi connectivity index (χ0n) is 9.86. The summed E-state index contributed by atoms with van der Waals surface area (Å²) in [4.78, 5) is 27.2. The molecule has 1 aliphatic rings. The van der Waals surface area contributed by atoms with Gasteiger partial charge in [-0.1, -0.05) is 0 Å². The first-order valence-electron chi connectivity index (χ1n) is 5.79. The molecule has 6 heteroatoms. The maximum atomic E-state index is 11.8. The number of carbonyl (C=O) groups is 2. The highest BCUT2D eigenvalue weighted by Gasteiger charge is 2.30. The van der Waals surface area contributed by atoms with Gasteiger partial charge in [0.2, 0.25) is 11.8 Å². The van der Waals surface area contributed by atoms with Crippen LogP contribution in [0.1, 0.15) is 30.1 Å². The molecule has 3 rings (SSSR count). The van der Waals surface area contributed by atoms with Crippen molar-refractivity contribution in [3.05, 3.63) is 23.7 Å². The fraction of sp³-hybridized carbons (Fsp3) is 0.333. The maximum Gasteiger partial charge on any atom is 0.235 e. The number of aryl methyl sites for hydroxylation is 1. The zero-order valence-corrected chi connectivity index (χ0v) is 9.86. The lowest BCUT2D eigenvalue weighted by Crippen LogP contribution is -2.39. The summed E-state index contributed by atoms with van der Waals surface area (Å²) in [6.45, 7) is 1.89. The molecule has 6 nitrogen and oxygen atoms in total. The molecule has 18 heavy (non-hydrogen) atoms. The number of rotatable bonds is 1. The lowest BCUT2D eigenvalue weighted by molar-refractivity contribution is -0.134. The van der Waals surface area contributed by atoms with E-state index < -0.39 is 0 Å². The number of aromatic nitrogens is 3. The van der Waals surface area contributed by atoms with Crippen LogP contribution in [0.5, 0.6) is 0 Å². The fourth-order valence-electron chi connectivity index (χ4n) is 2.26. The maximum absolute atomic E-state index is 11.8. The van der Waals surface area contributed by atoms with Crippen molar-refractivity contribution in [3.8, 4) is 0 Å². The van der Waals surface area contributed by atoms with Crippen molar-refractivity contribution in [2.75, 3.05) is 0 Å². The molecule has 1 fully saturated rings. The third kappa shape index (κ3) is 1.66. The van der Waals surface area contributed by atoms with E-state index in [2.05, 4.69) is 20.5 Å². The van der Waals surface area contributed by atoms with E-state index in [0.717, 1.165) is 22.3 Å². The Morgan fingerprint density at radius 3 is 3.00 bits per heavy atom. The van der Waals surface area contributed by atoms with E-state index in [1.54, 1.807) is 6.20 Å². The minimum Gasteiger partial charge on any atom is -0.296 e. The van der Waals surface area contributed by atoms with E-state index in [4.69, 9.17) is 0 Å². The van der Waals surface area contributed by atoms with Gasteiger partial charge in [0.25, 0.3) is 0 Å². The van der Waals surface area contributed by atoms with Crippen molar-refractivity contribution in [3.63, 3.8) is 0 Å². The summed E-state index contributed by atoms with van der Waals surface area (Å²) in [5, 5.41) is 10.3. The number of fused-ring (bicyclic) bond motifs is 1. The summed E-state index contributed by atoms with van der Waals surface area (Å²) in [6.07, 6.45) is 2.58. The average Bonchev–Trinajstić information content (AvgIpc) is 2.72. The Morgan fingerprint density at radius 2 is 2.22 bits per heavy atom. The van der Waals surface area contributed by atoms with E-state index in [-0.39, 0.29) is 17.7 Å². The Hall–Kier alpha value is -2.24. The number of imide groups is 1. The number of carbonyl (C=O) groups excluding carboxylic acids is 2. The Labute approximate surface area is 103 Å². The van der Waals surface area contributed by atoms with Crippen LogP contribution in [0.15, 0.2) is 12.3 Å². The molecule has 92 valence electrons. The van der Waals surface area contributed by atoms with Crippen LogP contribution in [-0.2, 0) is 9.59 Å². The number of hydrogen-bond acceptors (Lipinski definition) is 4. The second-order valence-corrected chi connectivity index (χ2v) is 4.48. The van der Waals surface area contributed by atoms with Crippen molar-refractivity contribution in [2.45, 2.75) is 25.7 Å². The van der Waals surface area contributed by atoms with Crippen molar-refractivity contribution in [2.24, 2.45) is 0 Å². The molecule has 0 radical (unpaired) electrons. The molecule has 0 aliphatic carbocycles. The van der Waals surface area contributed by atoms with E-state index in [9.17, 15) is 9.59 Å². The summed E-state index contributed by atoms with van der Waals surface area (Å²) < 4.78 is 0. The number of nitrogens with one attached hydrogen (secondary N) is 2. The van der Waals surface area contributed by atoms with Gasteiger partial charge in [-0.3, -0.25) is 25.0 Å². The molecule has 2 amide bonds. The van der Waals surface area contributed by atoms with Gasteiger partial charge < -0.3 is 0 Å². The molecule has 0 spiro atoms. The molecule has 0 bridgehead atoms. The van der Waals surface area contributed by atoms with Crippen LogP contribution in [-0.4, -0.2) is 27.0 Å². The van der Waals surface area contributed by atoms with E-state index >= 15 is 0 Å². The van der Waals surface area contributed by atoms with Crippen LogP contribution in [0.3, 0.4) is 0 Å². The first-order valence-corrected chi connectivity index (χ1v) is 5.79. The number of aromatic amines is 1. The molecule has 2 aromatic rings. The number of amides is 2. The van der Waals surface area contributed by atoms with Gasteiger partial charge in [-0.2, -0.15) is 5.10 Å². The third-order valence-corrected chi connectivity index (χ3v) is 3.19. The lowest BCUT2D eigenvalue weighted by Gasteiger charge is -2.19. The largest absolute Gasteiger partial charge is 0.296 e. The number of nitrogens with zero attached hydrogens (tertiary/aromatic N) is 2. The zero-order chi connectivity index (χ0) is 12.7. The molecule has 2 aromatic heterocycles. The molecule has 1 saturated heterocycles. The molecule has 1 aliphatic heterocycles. The van der Waals surface area contributed by atoms with E-state index in [0.29, 0.717) is 12.8 Å². The molecule has 1 atom stereocenters. The van der Waals surface area contributed by atoms with Crippen LogP contribution in [0.2, 0.25) is 0 Å². The molecular formula is C12H12N4O2. The second-order valence-electron chi connectivity index (χ2n) is 4.48. The molecular weight excluding hydrogens is 232 g/mol. The average molecular weight is 244 g/mol. The molecule has 0 saturated carbocycles. The van der Waals surface area contributed by atoms with Gasteiger partial charge in [0.15, 0.2) is 0 Å². The monoisotopic (exact) mass is 244 g/mol. The van der Waals surface area contributed by atoms with Crippen molar-refractivity contribution >= 4 is 22.7 Å². The SMILES string of the molecule is Cc1cc2n[nH]c(C3CCC(=O)NC3=O)c2cn1. The van der Waals surface area contributed by atoms with Crippen molar-refractivity contribution in [1.82, 2.24) is 20.5 Å². The Kier molecular flexibility index (Phi) is 2.36. The van der Waals surface area contributed by atoms with Gasteiger partial charge in [-0.25, -0.2) is 0 Å². The van der Waals surface area contributed by atoms with Gasteiger partial charge in [-0.15, -0.1) is 0 Å². The highest BCUT2D eigenvalue weighted by atomic mass is 16.2. The number of H-pyrrole nitrogens is 1. The van der Waals surface area contributed by atoms with Crippen LogP contribution >= 0.6 is 0 Å². The van der Waals surface area contributed by atoms with Crippen LogP contribution < -0.4 is 5.32 Å². The summed E-state index contributed by atoms with van der Waals surface area (Å²) in [5.41, 5.74) is 2.41. The summed E-state index contributed by atoms with van der Waals surface area (Å²) in [5.74, 6) is -0.830. The van der Waals surface area contributed by atoms with Gasteiger partial charge in [0.05, 0.1) is 17.1 Å². The summed E-state index contributed by atoms with van der Waals surface area (Å²) in [7, 11) is 0. The van der Waals surface area contributed by atoms with Gasteiger partial charge in [0, 0.05) is 23.7 Å². The number of piperidine rings is 1. The second kappa shape index (κ2) is 3.90. The van der Waals surface area contributed by atoms with Gasteiger partial charge >= 0.3 is 0 Å². The predicted octanol–water partition coefficient (Wildman–Crippen LogP) is 0.787. The first-order chi connectivity index (χ1) is 8.65. The predicted molar refractivity (Wildman–Crippen MR) is 63.8 cm³/mol. The summed E-state index contributed by atoms with van der Waals surface area (Å²) >= 11 is 0.